The first kappa shape index (κ1) is 25.1. The van der Waals surface area contributed by atoms with Crippen molar-refractivity contribution in [2.75, 3.05) is 25.2 Å². The zero-order valence-electron chi connectivity index (χ0n) is 19.4. The Labute approximate surface area is 224 Å². The molecule has 12 heteroatoms. The molecule has 0 radical (unpaired) electrons. The molecule has 1 aromatic heterocycles. The van der Waals surface area contributed by atoms with Crippen LogP contribution < -0.4 is 14.4 Å². The number of amides is 1. The molecule has 2 aliphatic heterocycles. The van der Waals surface area contributed by atoms with E-state index in [1.165, 1.54) is 19.2 Å². The molecule has 0 spiro atoms. The number of methoxy groups -OCH3 is 1. The van der Waals surface area contributed by atoms with Gasteiger partial charge in [0.1, 0.15) is 23.9 Å². The van der Waals surface area contributed by atoms with Crippen LogP contribution >= 0.6 is 34.5 Å². The van der Waals surface area contributed by atoms with Crippen LogP contribution in [0.3, 0.4) is 0 Å². The molecule has 0 aliphatic carbocycles. The Morgan fingerprint density at radius 2 is 1.86 bits per heavy atom. The summed E-state index contributed by atoms with van der Waals surface area (Å²) in [4.78, 5) is 44.6. The van der Waals surface area contributed by atoms with Crippen molar-refractivity contribution in [1.82, 2.24) is 4.98 Å². The summed E-state index contributed by atoms with van der Waals surface area (Å²) < 4.78 is 15.9. The third-order valence-electron chi connectivity index (χ3n) is 5.88. The van der Waals surface area contributed by atoms with Crippen LogP contribution in [0.15, 0.2) is 42.0 Å². The monoisotopic (exact) mass is 560 g/mol. The molecule has 0 saturated carbocycles. The first-order chi connectivity index (χ1) is 17.7. The maximum atomic E-state index is 13.4. The van der Waals surface area contributed by atoms with Crippen LogP contribution in [0.1, 0.15) is 32.5 Å². The van der Waals surface area contributed by atoms with Gasteiger partial charge in [-0.1, -0.05) is 40.6 Å². The summed E-state index contributed by atoms with van der Waals surface area (Å²) in [6.45, 7) is 2.30. The number of ether oxygens (including phenoxy) is 3. The zero-order chi connectivity index (χ0) is 26.4. The number of nitrogens with zero attached hydrogens (tertiary/aromatic N) is 2. The molecule has 5 rings (SSSR count). The van der Waals surface area contributed by atoms with Gasteiger partial charge in [0.05, 0.1) is 24.4 Å². The first-order valence-electron chi connectivity index (χ1n) is 10.9. The summed E-state index contributed by atoms with van der Waals surface area (Å²) in [6.07, 6.45) is 0. The number of aromatic nitrogens is 1. The number of rotatable bonds is 4. The number of fused-ring (bicyclic) bond motifs is 1. The Morgan fingerprint density at radius 1 is 1.14 bits per heavy atom. The highest BCUT2D eigenvalue weighted by atomic mass is 35.5. The van der Waals surface area contributed by atoms with E-state index < -0.39 is 29.5 Å². The Balaban J connectivity index is 1.71. The number of ketones is 1. The Morgan fingerprint density at radius 3 is 2.57 bits per heavy atom. The third kappa shape index (κ3) is 4.30. The van der Waals surface area contributed by atoms with Gasteiger partial charge >= 0.3 is 11.9 Å². The van der Waals surface area contributed by atoms with E-state index in [-0.39, 0.29) is 26.2 Å². The molecule has 9 nitrogen and oxygen atoms in total. The molecular weight excluding hydrogens is 543 g/mol. The Bertz CT molecular complexity index is 1500. The maximum absolute atomic E-state index is 13.4. The first-order valence-corrected chi connectivity index (χ1v) is 12.5. The minimum absolute atomic E-state index is 0.0669. The van der Waals surface area contributed by atoms with Gasteiger partial charge in [0, 0.05) is 15.6 Å². The summed E-state index contributed by atoms with van der Waals surface area (Å²) in [7, 11) is 1.23. The molecule has 1 unspecified atom stereocenters. The number of thiazole rings is 1. The number of benzene rings is 2. The maximum Gasteiger partial charge on any atom is 0.350 e. The summed E-state index contributed by atoms with van der Waals surface area (Å²) >= 11 is 13.5. The molecule has 3 aromatic rings. The highest BCUT2D eigenvalue weighted by Crippen LogP contribution is 2.46. The number of Topliss-reactive ketones (excluding diaryl/α,β-unsaturated/α-hetero) is 1. The molecule has 3 heterocycles. The van der Waals surface area contributed by atoms with Crippen molar-refractivity contribution < 1.29 is 33.7 Å². The third-order valence-corrected chi connectivity index (χ3v) is 7.58. The van der Waals surface area contributed by atoms with Crippen LogP contribution in [0.5, 0.6) is 11.5 Å². The van der Waals surface area contributed by atoms with Crippen LogP contribution in [0.25, 0.3) is 5.76 Å². The van der Waals surface area contributed by atoms with Gasteiger partial charge in [-0.2, -0.15) is 0 Å². The molecule has 2 aliphatic rings. The Hall–Kier alpha value is -3.60. The fourth-order valence-electron chi connectivity index (χ4n) is 4.16. The van der Waals surface area contributed by atoms with E-state index in [4.69, 9.17) is 37.4 Å². The molecular formula is C25H18Cl2N2O7S. The number of aliphatic hydroxyl groups excluding tert-OH is 1. The van der Waals surface area contributed by atoms with Gasteiger partial charge in [0.2, 0.25) is 0 Å². The summed E-state index contributed by atoms with van der Waals surface area (Å²) in [5.41, 5.74) is 0.680. The van der Waals surface area contributed by atoms with Gasteiger partial charge < -0.3 is 19.3 Å². The molecule has 0 bridgehead atoms. The molecule has 37 heavy (non-hydrogen) atoms. The van der Waals surface area contributed by atoms with E-state index >= 15 is 0 Å². The largest absolute Gasteiger partial charge is 0.507 e. The SMILES string of the molecule is COC(=O)c1sc(N2C(=O)C(=O)C(=C(O)c3ccc4c(c3)OCCO4)C2c2ccc(Cl)cc2Cl)nc1C. The lowest BCUT2D eigenvalue weighted by Crippen LogP contribution is -2.29. The van der Waals surface area contributed by atoms with E-state index in [2.05, 4.69) is 4.98 Å². The van der Waals surface area contributed by atoms with E-state index in [9.17, 15) is 19.5 Å². The number of hydrogen-bond donors (Lipinski definition) is 1. The standard InChI is InChI=1S/C25H18Cl2N2O7S/c1-11-22(24(33)34-2)37-25(28-11)29-19(14-5-4-13(26)10-15(14)27)18(21(31)23(29)32)20(30)12-3-6-16-17(9-12)36-8-7-35-16/h3-6,9-10,19,30H,7-8H2,1-2H3. The number of anilines is 1. The highest BCUT2D eigenvalue weighted by Gasteiger charge is 2.49. The number of esters is 1. The topological polar surface area (TPSA) is 115 Å². The van der Waals surface area contributed by atoms with E-state index in [0.717, 1.165) is 16.2 Å². The molecule has 1 N–H and O–H groups in total. The minimum atomic E-state index is -1.16. The minimum Gasteiger partial charge on any atom is -0.507 e. The summed E-state index contributed by atoms with van der Waals surface area (Å²) in [5.74, 6) is -2.07. The molecule has 1 amide bonds. The van der Waals surface area contributed by atoms with Crippen LogP contribution in [0, 0.1) is 6.92 Å². The lowest BCUT2D eigenvalue weighted by molar-refractivity contribution is -0.132. The van der Waals surface area contributed by atoms with E-state index in [1.54, 1.807) is 31.2 Å². The van der Waals surface area contributed by atoms with E-state index in [1.807, 2.05) is 0 Å². The van der Waals surface area contributed by atoms with Gasteiger partial charge in [-0.25, -0.2) is 9.78 Å². The second-order valence-electron chi connectivity index (χ2n) is 8.10. The summed E-state index contributed by atoms with van der Waals surface area (Å²) in [5, 5.41) is 11.9. The van der Waals surface area contributed by atoms with Crippen molar-refractivity contribution in [1.29, 1.82) is 0 Å². The normalized spacial score (nSPS) is 18.3. The lowest BCUT2D eigenvalue weighted by atomic mass is 9.95. The number of hydrogen-bond acceptors (Lipinski definition) is 9. The second kappa shape index (κ2) is 9.70. The molecule has 1 atom stereocenters. The van der Waals surface area contributed by atoms with Crippen molar-refractivity contribution in [3.8, 4) is 11.5 Å². The molecule has 1 saturated heterocycles. The van der Waals surface area contributed by atoms with E-state index in [0.29, 0.717) is 41.0 Å². The predicted molar refractivity (Wildman–Crippen MR) is 137 cm³/mol. The average Bonchev–Trinajstić information content (AvgIpc) is 3.39. The number of aliphatic hydroxyl groups is 1. The fourth-order valence-corrected chi connectivity index (χ4v) is 5.68. The van der Waals surface area contributed by atoms with Gasteiger partial charge in [-0.05, 0) is 42.8 Å². The quantitative estimate of drug-likeness (QED) is 0.206. The zero-order valence-corrected chi connectivity index (χ0v) is 21.7. The van der Waals surface area contributed by atoms with Crippen LogP contribution in [0.4, 0.5) is 5.13 Å². The second-order valence-corrected chi connectivity index (χ2v) is 9.92. The summed E-state index contributed by atoms with van der Waals surface area (Å²) in [6, 6.07) is 8.12. The van der Waals surface area contributed by atoms with Crippen LogP contribution in [-0.4, -0.2) is 48.1 Å². The number of carbonyl (C=O) groups excluding carboxylic acids is 3. The van der Waals surface area contributed by atoms with Gasteiger partial charge in [-0.3, -0.25) is 14.5 Å². The van der Waals surface area contributed by atoms with Gasteiger partial charge in [0.25, 0.3) is 5.78 Å². The van der Waals surface area contributed by atoms with Crippen molar-refractivity contribution in [3.05, 3.63) is 73.7 Å². The number of aryl methyl sites for hydroxylation is 1. The smallest absolute Gasteiger partial charge is 0.350 e. The predicted octanol–water partition coefficient (Wildman–Crippen LogP) is 4.94. The molecule has 190 valence electrons. The van der Waals surface area contributed by atoms with Crippen molar-refractivity contribution in [2.45, 2.75) is 13.0 Å². The van der Waals surface area contributed by atoms with Crippen molar-refractivity contribution in [2.24, 2.45) is 0 Å². The lowest BCUT2D eigenvalue weighted by Gasteiger charge is -2.24. The van der Waals surface area contributed by atoms with Gasteiger partial charge in [-0.15, -0.1) is 0 Å². The van der Waals surface area contributed by atoms with Crippen molar-refractivity contribution >= 4 is 63.1 Å². The van der Waals surface area contributed by atoms with Crippen LogP contribution in [0.2, 0.25) is 10.0 Å². The number of carbonyl (C=O) groups is 3. The fraction of sp³-hybridized carbons (Fsp3) is 0.200. The number of halogens is 2. The van der Waals surface area contributed by atoms with Crippen LogP contribution in [-0.2, 0) is 14.3 Å². The molecule has 1 fully saturated rings. The molecule has 2 aromatic carbocycles. The Kier molecular flexibility index (Phi) is 6.57. The van der Waals surface area contributed by atoms with Crippen molar-refractivity contribution in [3.63, 3.8) is 0 Å². The average molecular weight is 561 g/mol. The van der Waals surface area contributed by atoms with Gasteiger partial charge in [0.15, 0.2) is 16.6 Å². The highest BCUT2D eigenvalue weighted by molar-refractivity contribution is 7.17.